The highest BCUT2D eigenvalue weighted by Gasteiger charge is 2.20. The summed E-state index contributed by atoms with van der Waals surface area (Å²) in [5, 5.41) is 3.47. The first-order chi connectivity index (χ1) is 11.8. The van der Waals surface area contributed by atoms with Crippen molar-refractivity contribution in [1.82, 2.24) is 15.1 Å². The lowest BCUT2D eigenvalue weighted by Crippen LogP contribution is -2.46. The highest BCUT2D eigenvalue weighted by Crippen LogP contribution is 2.18. The number of hydrogen-bond donors (Lipinski definition) is 1. The molecule has 140 valence electrons. The van der Waals surface area contributed by atoms with Crippen molar-refractivity contribution in [3.63, 3.8) is 0 Å². The highest BCUT2D eigenvalue weighted by atomic mass is 127. The fraction of sp³-hybridized carbons (Fsp3) is 0.632. The van der Waals surface area contributed by atoms with Crippen LogP contribution < -0.4 is 5.32 Å². The van der Waals surface area contributed by atoms with Crippen molar-refractivity contribution in [2.24, 2.45) is 4.99 Å². The molecule has 25 heavy (non-hydrogen) atoms. The highest BCUT2D eigenvalue weighted by molar-refractivity contribution is 14.0. The van der Waals surface area contributed by atoms with Crippen molar-refractivity contribution >= 4 is 29.9 Å². The van der Waals surface area contributed by atoms with Crippen LogP contribution in [0.2, 0.25) is 0 Å². The average Bonchev–Trinajstić information content (AvgIpc) is 2.65. The summed E-state index contributed by atoms with van der Waals surface area (Å²) in [6, 6.07) is 9.21. The van der Waals surface area contributed by atoms with Gasteiger partial charge in [-0.1, -0.05) is 24.3 Å². The zero-order valence-corrected chi connectivity index (χ0v) is 17.7. The molecule has 5 nitrogen and oxygen atoms in total. The molecule has 1 aromatic rings. The van der Waals surface area contributed by atoms with E-state index in [-0.39, 0.29) is 24.0 Å². The van der Waals surface area contributed by atoms with Gasteiger partial charge in [-0.25, -0.2) is 0 Å². The number of rotatable bonds is 4. The van der Waals surface area contributed by atoms with Gasteiger partial charge in [0.05, 0.1) is 19.8 Å². The number of hydrogen-bond acceptors (Lipinski definition) is 3. The number of ether oxygens (including phenoxy) is 1. The van der Waals surface area contributed by atoms with Gasteiger partial charge in [0, 0.05) is 38.8 Å². The molecule has 0 spiro atoms. The van der Waals surface area contributed by atoms with Crippen LogP contribution in [0.15, 0.2) is 29.3 Å². The number of benzene rings is 1. The fourth-order valence-electron chi connectivity index (χ4n) is 3.45. The Labute approximate surface area is 168 Å². The fourth-order valence-corrected chi connectivity index (χ4v) is 3.45. The summed E-state index contributed by atoms with van der Waals surface area (Å²) in [5.41, 5.74) is 2.90. The lowest BCUT2D eigenvalue weighted by molar-refractivity contribution is 0.0220. The van der Waals surface area contributed by atoms with Gasteiger partial charge in [-0.05, 0) is 31.4 Å². The van der Waals surface area contributed by atoms with Gasteiger partial charge >= 0.3 is 0 Å². The van der Waals surface area contributed by atoms with Gasteiger partial charge in [-0.3, -0.25) is 9.89 Å². The molecule has 0 radical (unpaired) electrons. The zero-order chi connectivity index (χ0) is 16.8. The van der Waals surface area contributed by atoms with Gasteiger partial charge in [0.25, 0.3) is 0 Å². The van der Waals surface area contributed by atoms with Crippen molar-refractivity contribution in [1.29, 1.82) is 0 Å². The maximum absolute atomic E-state index is 5.44. The SMILES string of the molecule is CCNC(=NCC(C)N1CCOCC1)N1CCc2ccccc2C1.I. The van der Waals surface area contributed by atoms with Crippen LogP contribution in [0.4, 0.5) is 0 Å². The predicted octanol–water partition coefficient (Wildman–Crippen LogP) is 2.35. The van der Waals surface area contributed by atoms with Crippen molar-refractivity contribution in [3.05, 3.63) is 35.4 Å². The Morgan fingerprint density at radius 1 is 1.20 bits per heavy atom. The van der Waals surface area contributed by atoms with Crippen molar-refractivity contribution in [2.75, 3.05) is 45.9 Å². The van der Waals surface area contributed by atoms with Gasteiger partial charge in [0.2, 0.25) is 0 Å². The number of guanidine groups is 1. The molecule has 2 heterocycles. The number of nitrogens with one attached hydrogen (secondary N) is 1. The van der Waals surface area contributed by atoms with Crippen LogP contribution >= 0.6 is 24.0 Å². The topological polar surface area (TPSA) is 40.1 Å². The minimum absolute atomic E-state index is 0. The third kappa shape index (κ3) is 5.56. The lowest BCUT2D eigenvalue weighted by atomic mass is 10.0. The monoisotopic (exact) mass is 458 g/mol. The van der Waals surface area contributed by atoms with Crippen LogP contribution in [0.5, 0.6) is 0 Å². The quantitative estimate of drug-likeness (QED) is 0.428. The minimum Gasteiger partial charge on any atom is -0.379 e. The summed E-state index contributed by atoms with van der Waals surface area (Å²) >= 11 is 0. The first-order valence-electron chi connectivity index (χ1n) is 9.19. The second-order valence-corrected chi connectivity index (χ2v) is 6.63. The predicted molar refractivity (Wildman–Crippen MR) is 114 cm³/mol. The molecule has 0 amide bonds. The smallest absolute Gasteiger partial charge is 0.194 e. The molecular formula is C19H31IN4O. The maximum atomic E-state index is 5.44. The van der Waals surface area contributed by atoms with Crippen molar-refractivity contribution in [2.45, 2.75) is 32.9 Å². The molecule has 0 bridgehead atoms. The van der Waals surface area contributed by atoms with Crippen LogP contribution in [0.1, 0.15) is 25.0 Å². The Balaban J connectivity index is 0.00000225. The van der Waals surface area contributed by atoms with Crippen LogP contribution in [0.25, 0.3) is 0 Å². The van der Waals surface area contributed by atoms with E-state index in [4.69, 9.17) is 9.73 Å². The van der Waals surface area contributed by atoms with E-state index in [0.717, 1.165) is 64.9 Å². The molecule has 0 aliphatic carbocycles. The molecule has 1 atom stereocenters. The summed E-state index contributed by atoms with van der Waals surface area (Å²) in [4.78, 5) is 9.80. The Kier molecular flexibility index (Phi) is 8.45. The molecular weight excluding hydrogens is 427 g/mol. The van der Waals surface area contributed by atoms with E-state index in [1.165, 1.54) is 11.1 Å². The first-order valence-corrected chi connectivity index (χ1v) is 9.19. The standard InChI is InChI=1S/C19H30N4O.HI/c1-3-20-19(21-14-16(2)22-10-12-24-13-11-22)23-9-8-17-6-4-5-7-18(17)15-23;/h4-7,16H,3,8-15H2,1-2H3,(H,20,21);1H. The lowest BCUT2D eigenvalue weighted by Gasteiger charge is -2.33. The molecule has 1 unspecified atom stereocenters. The van der Waals surface area contributed by atoms with E-state index in [9.17, 15) is 0 Å². The van der Waals surface area contributed by atoms with Crippen LogP contribution in [-0.4, -0.2) is 67.7 Å². The van der Waals surface area contributed by atoms with Gasteiger partial charge in [0.15, 0.2) is 5.96 Å². The average molecular weight is 458 g/mol. The largest absolute Gasteiger partial charge is 0.379 e. The Morgan fingerprint density at radius 3 is 2.64 bits per heavy atom. The molecule has 3 rings (SSSR count). The van der Waals surface area contributed by atoms with Gasteiger partial charge < -0.3 is 15.0 Å². The van der Waals surface area contributed by atoms with E-state index >= 15 is 0 Å². The summed E-state index contributed by atoms with van der Waals surface area (Å²) in [6.45, 7) is 11.9. The minimum atomic E-state index is 0. The van der Waals surface area contributed by atoms with E-state index in [0.29, 0.717) is 6.04 Å². The van der Waals surface area contributed by atoms with Crippen molar-refractivity contribution < 1.29 is 4.74 Å². The third-order valence-corrected chi connectivity index (χ3v) is 4.94. The van der Waals surface area contributed by atoms with Crippen LogP contribution in [0.3, 0.4) is 0 Å². The number of halogens is 1. The second kappa shape index (κ2) is 10.3. The zero-order valence-electron chi connectivity index (χ0n) is 15.4. The summed E-state index contributed by atoms with van der Waals surface area (Å²) in [7, 11) is 0. The van der Waals surface area contributed by atoms with E-state index < -0.39 is 0 Å². The number of aliphatic imine (C=N–C) groups is 1. The molecule has 2 aliphatic heterocycles. The third-order valence-electron chi connectivity index (χ3n) is 4.94. The molecule has 0 aromatic heterocycles. The summed E-state index contributed by atoms with van der Waals surface area (Å²) in [6.07, 6.45) is 1.10. The van der Waals surface area contributed by atoms with Crippen molar-refractivity contribution in [3.8, 4) is 0 Å². The van der Waals surface area contributed by atoms with E-state index in [1.807, 2.05) is 0 Å². The number of fused-ring (bicyclic) bond motifs is 1. The first kappa shape index (κ1) is 20.5. The summed E-state index contributed by atoms with van der Waals surface area (Å²) < 4.78 is 5.44. The Bertz CT molecular complexity index is 560. The second-order valence-electron chi connectivity index (χ2n) is 6.63. The van der Waals surface area contributed by atoms with Gasteiger partial charge in [-0.2, -0.15) is 0 Å². The number of morpholine rings is 1. The normalized spacial score (nSPS) is 19.8. The molecule has 1 saturated heterocycles. The maximum Gasteiger partial charge on any atom is 0.194 e. The number of nitrogens with zero attached hydrogens (tertiary/aromatic N) is 3. The van der Waals surface area contributed by atoms with E-state index in [1.54, 1.807) is 0 Å². The Morgan fingerprint density at radius 2 is 1.92 bits per heavy atom. The van der Waals surface area contributed by atoms with Gasteiger partial charge in [0.1, 0.15) is 0 Å². The van der Waals surface area contributed by atoms with E-state index in [2.05, 4.69) is 53.2 Å². The van der Waals surface area contributed by atoms with Crippen LogP contribution in [-0.2, 0) is 17.7 Å². The summed E-state index contributed by atoms with van der Waals surface area (Å²) in [5.74, 6) is 1.05. The van der Waals surface area contributed by atoms with Gasteiger partial charge in [-0.15, -0.1) is 24.0 Å². The molecule has 6 heteroatoms. The molecule has 0 saturated carbocycles. The molecule has 1 aromatic carbocycles. The Hall–Kier alpha value is -0.860. The molecule has 1 N–H and O–H groups in total. The molecule has 1 fully saturated rings. The molecule has 2 aliphatic rings. The van der Waals surface area contributed by atoms with Crippen LogP contribution in [0, 0.1) is 0 Å².